The van der Waals surface area contributed by atoms with E-state index in [1.54, 1.807) is 0 Å². The van der Waals surface area contributed by atoms with Crippen LogP contribution >= 0.6 is 0 Å². The second-order valence-electron chi connectivity index (χ2n) is 34.2. The SMILES string of the molecule is Cc1cc(C)cc(-c2cc[n+](C)c(-c3ccccc3C)c2)c1.Cc1ccc(-c2cc[n+](C)c(-c3ccccc3C)c2)cc1C.Cc1ccccc1-c1cc(-c2cccc(C3CCCC3)c2)cc[n+]1C.Cc1ccccc1-c1cc(-c2cccc(C3CCCCC3)c2)cc[n+]1C.Cc1ccccc1-c1cc(-c2cccc(CC(C)C)c2)cc[n+]1C. The van der Waals surface area contributed by atoms with Gasteiger partial charge in [0.1, 0.15) is 35.2 Å². The lowest BCUT2D eigenvalue weighted by Crippen LogP contribution is -2.30. The minimum Gasteiger partial charge on any atom is -0.201 e. The molecule has 2 aliphatic rings. The number of aromatic nitrogens is 5. The van der Waals surface area contributed by atoms with E-state index >= 15 is 0 Å². The summed E-state index contributed by atoms with van der Waals surface area (Å²) in [6.07, 6.45) is 24.3. The second-order valence-corrected chi connectivity index (χ2v) is 34.2. The van der Waals surface area contributed by atoms with E-state index in [0.29, 0.717) is 5.92 Å². The zero-order valence-corrected chi connectivity index (χ0v) is 73.6. The minimum absolute atomic E-state index is 0.677. The lowest BCUT2D eigenvalue weighted by atomic mass is 9.83. The quantitative estimate of drug-likeness (QED) is 0.0967. The molecule has 5 aromatic heterocycles. The van der Waals surface area contributed by atoms with Crippen molar-refractivity contribution in [1.82, 2.24) is 0 Å². The maximum absolute atomic E-state index is 2.42. The molecule has 0 atom stereocenters. The fourth-order valence-corrected chi connectivity index (χ4v) is 17.4. The largest absolute Gasteiger partial charge is 0.213 e. The molecule has 2 aliphatic carbocycles. The molecule has 5 heteroatoms. The molecule has 119 heavy (non-hydrogen) atoms. The van der Waals surface area contributed by atoms with Crippen molar-refractivity contribution >= 4 is 0 Å². The molecule has 2 fully saturated rings. The maximum Gasteiger partial charge on any atom is 0.213 e. The van der Waals surface area contributed by atoms with Crippen molar-refractivity contribution in [3.05, 3.63) is 389 Å². The smallest absolute Gasteiger partial charge is 0.201 e. The predicted molar refractivity (Wildman–Crippen MR) is 501 cm³/mol. The highest BCUT2D eigenvalue weighted by Crippen LogP contribution is 2.39. The van der Waals surface area contributed by atoms with Gasteiger partial charge in [-0.3, -0.25) is 0 Å². The van der Waals surface area contributed by atoms with Gasteiger partial charge in [0, 0.05) is 88.5 Å². The monoisotopic (exact) mass is 1560 g/mol. The molecular weight excluding hydrogens is 1440 g/mol. The van der Waals surface area contributed by atoms with Gasteiger partial charge >= 0.3 is 0 Å². The molecular formula is C114H124N5+5. The summed E-state index contributed by atoms with van der Waals surface area (Å²) < 4.78 is 11.0. The van der Waals surface area contributed by atoms with Crippen LogP contribution in [-0.2, 0) is 41.7 Å². The van der Waals surface area contributed by atoms with Gasteiger partial charge < -0.3 is 0 Å². The summed E-state index contributed by atoms with van der Waals surface area (Å²) in [5, 5.41) is 0. The molecule has 17 rings (SSSR count). The lowest BCUT2D eigenvalue weighted by molar-refractivity contribution is -0.660. The molecule has 0 radical (unpaired) electrons. The van der Waals surface area contributed by atoms with Crippen molar-refractivity contribution in [3.8, 4) is 112 Å². The van der Waals surface area contributed by atoms with Gasteiger partial charge in [0.15, 0.2) is 31.0 Å². The third-order valence-corrected chi connectivity index (χ3v) is 24.5. The highest BCUT2D eigenvalue weighted by Gasteiger charge is 2.23. The van der Waals surface area contributed by atoms with Crippen molar-refractivity contribution in [2.24, 2.45) is 41.2 Å². The first kappa shape index (κ1) is 84.9. The Labute approximate surface area is 712 Å². The molecule has 0 amide bonds. The molecule has 15 aromatic rings. The Bertz CT molecular complexity index is 5980. The second kappa shape index (κ2) is 39.9. The van der Waals surface area contributed by atoms with Crippen molar-refractivity contribution in [2.75, 3.05) is 0 Å². The van der Waals surface area contributed by atoms with Crippen LogP contribution in [0.15, 0.2) is 322 Å². The van der Waals surface area contributed by atoms with Crippen molar-refractivity contribution in [2.45, 2.75) is 152 Å². The van der Waals surface area contributed by atoms with E-state index in [-0.39, 0.29) is 0 Å². The van der Waals surface area contributed by atoms with E-state index in [0.717, 1.165) is 18.3 Å². The zero-order chi connectivity index (χ0) is 83.6. The van der Waals surface area contributed by atoms with Crippen LogP contribution in [0.4, 0.5) is 0 Å². The third-order valence-electron chi connectivity index (χ3n) is 24.5. The molecule has 0 unspecified atom stereocenters. The standard InChI is InChI=1S/C25H28N.C24H26N.C23H26N.2C21H22N/c1-19-9-6-7-14-24(19)25-18-23(15-16-26(25)2)22-13-8-12-21(17-22)20-10-4-3-5-11-20;1-18-8-3-6-13-23(18)24-17-22(14-15-25(24)2)21-12-7-11-20(16-21)19-9-4-5-10-19;1-17(2)14-19-9-7-10-20(15-19)21-12-13-24(4)23(16-21)22-11-6-5-8-18(22)3;1-15-11-16(2)13-19(12-15)18-9-10-22(4)21(14-18)20-8-6-5-7-17(20)3;1-15-9-10-18(13-17(15)3)19-11-12-22(4)21(14-19)20-8-6-5-7-16(20)2/h6-9,12-18,20H,3-5,10-11H2,1-2H3;3,6-8,11-17,19H,4-5,9-10H2,1-2H3;5-13,15-17H,14H2,1-4H3;2*5-14H,1-4H3/q5*+1. The minimum atomic E-state index is 0.677. The first-order chi connectivity index (χ1) is 57.6. The van der Waals surface area contributed by atoms with Gasteiger partial charge in [-0.15, -0.1) is 0 Å². The summed E-state index contributed by atoms with van der Waals surface area (Å²) >= 11 is 0. The van der Waals surface area contributed by atoms with Gasteiger partial charge in [-0.1, -0.05) is 257 Å². The van der Waals surface area contributed by atoms with Gasteiger partial charge in [-0.05, 0) is 254 Å². The van der Waals surface area contributed by atoms with Gasteiger partial charge in [0.05, 0.1) is 0 Å². The Balaban J connectivity index is 0.000000129. The number of pyridine rings is 5. The average Bonchev–Trinajstić information content (AvgIpc) is 0.826. The van der Waals surface area contributed by atoms with Crippen molar-refractivity contribution < 1.29 is 22.8 Å². The topological polar surface area (TPSA) is 19.4 Å². The summed E-state index contributed by atoms with van der Waals surface area (Å²) in [6, 6.07) is 106. The average molecular weight is 1560 g/mol. The Morgan fingerprint density at radius 3 is 0.840 bits per heavy atom. The predicted octanol–water partition coefficient (Wildman–Crippen LogP) is 26.9. The Hall–Kier alpha value is -12.1. The van der Waals surface area contributed by atoms with E-state index in [1.807, 2.05) is 0 Å². The first-order valence-corrected chi connectivity index (χ1v) is 43.3. The van der Waals surface area contributed by atoms with Crippen LogP contribution < -0.4 is 22.8 Å². The maximum atomic E-state index is 2.42. The van der Waals surface area contributed by atoms with Crippen molar-refractivity contribution in [1.29, 1.82) is 0 Å². The number of aryl methyl sites for hydroxylation is 14. The third kappa shape index (κ3) is 21.7. The molecule has 2 saturated carbocycles. The van der Waals surface area contributed by atoms with Crippen LogP contribution in [0.3, 0.4) is 0 Å². The summed E-state index contributed by atoms with van der Waals surface area (Å²) in [4.78, 5) is 0. The van der Waals surface area contributed by atoms with Crippen LogP contribution in [0.1, 0.15) is 150 Å². The highest BCUT2D eigenvalue weighted by atomic mass is 14.9. The summed E-state index contributed by atoms with van der Waals surface area (Å²) in [5.74, 6) is 2.19. The summed E-state index contributed by atoms with van der Waals surface area (Å²) in [5.41, 5.74) is 42.0. The number of hydrogen-bond acceptors (Lipinski definition) is 0. The molecule has 0 aliphatic heterocycles. The molecule has 5 heterocycles. The molecule has 600 valence electrons. The lowest BCUT2D eigenvalue weighted by Gasteiger charge is -2.22. The van der Waals surface area contributed by atoms with Crippen LogP contribution in [0.2, 0.25) is 0 Å². The molecule has 0 bridgehead atoms. The van der Waals surface area contributed by atoms with E-state index in [4.69, 9.17) is 0 Å². The number of benzene rings is 10. The van der Waals surface area contributed by atoms with E-state index in [2.05, 4.69) is 456 Å². The molecule has 0 spiro atoms. The Morgan fingerprint density at radius 2 is 0.521 bits per heavy atom. The molecule has 0 saturated heterocycles. The number of nitrogens with zero attached hydrogens (tertiary/aromatic N) is 5. The molecule has 5 nitrogen and oxygen atoms in total. The van der Waals surface area contributed by atoms with E-state index in [1.165, 1.54) is 236 Å². The normalized spacial score (nSPS) is 12.6. The van der Waals surface area contributed by atoms with Crippen LogP contribution in [-0.4, -0.2) is 0 Å². The van der Waals surface area contributed by atoms with Gasteiger partial charge in [0.2, 0.25) is 28.5 Å². The van der Waals surface area contributed by atoms with Crippen LogP contribution in [0.5, 0.6) is 0 Å². The Morgan fingerprint density at radius 1 is 0.235 bits per heavy atom. The van der Waals surface area contributed by atoms with Gasteiger partial charge in [-0.25, -0.2) is 22.8 Å². The van der Waals surface area contributed by atoms with E-state index in [9.17, 15) is 0 Å². The van der Waals surface area contributed by atoms with E-state index < -0.39 is 0 Å². The van der Waals surface area contributed by atoms with Crippen molar-refractivity contribution in [3.63, 3.8) is 0 Å². The van der Waals surface area contributed by atoms with Crippen LogP contribution in [0, 0.1) is 68.2 Å². The first-order valence-electron chi connectivity index (χ1n) is 43.3. The van der Waals surface area contributed by atoms with Gasteiger partial charge in [0.25, 0.3) is 0 Å². The zero-order valence-electron chi connectivity index (χ0n) is 73.6. The summed E-state index contributed by atoms with van der Waals surface area (Å²) in [6.45, 7) is 24.0. The molecule has 10 aromatic carbocycles. The van der Waals surface area contributed by atoms with Gasteiger partial charge in [-0.2, -0.15) is 0 Å². The molecule has 0 N–H and O–H groups in total. The number of rotatable bonds is 14. The number of hydrogen-bond donors (Lipinski definition) is 0. The van der Waals surface area contributed by atoms with Crippen LogP contribution in [0.25, 0.3) is 112 Å². The summed E-state index contributed by atoms with van der Waals surface area (Å²) in [7, 11) is 10.6. The Kier molecular flexibility index (Phi) is 28.5. The fraction of sp³-hybridized carbons (Fsp3) is 0.254. The highest BCUT2D eigenvalue weighted by molar-refractivity contribution is 5.76. The fourth-order valence-electron chi connectivity index (χ4n) is 17.4.